The van der Waals surface area contributed by atoms with Crippen LogP contribution in [0, 0.1) is 26.7 Å². The normalized spacial score (nSPS) is 20.2. The van der Waals surface area contributed by atoms with E-state index in [9.17, 15) is 14.4 Å². The minimum absolute atomic E-state index is 0.133. The van der Waals surface area contributed by atoms with Crippen molar-refractivity contribution >= 4 is 17.5 Å². The molecular formula is C20H27NO3. The molecule has 1 aromatic rings. The van der Waals surface area contributed by atoms with Gasteiger partial charge in [0.05, 0.1) is 5.92 Å². The monoisotopic (exact) mass is 329 g/mol. The molecule has 0 radical (unpaired) electrons. The summed E-state index contributed by atoms with van der Waals surface area (Å²) in [5.41, 5.74) is 3.90. The van der Waals surface area contributed by atoms with Crippen LogP contribution in [0.2, 0.25) is 0 Å². The number of carbonyl (C=O) groups is 3. The predicted molar refractivity (Wildman–Crippen MR) is 96.1 cm³/mol. The molecule has 1 amide bonds. The number of nitrogens with zero attached hydrogens (tertiary/aromatic N) is 1. The molecule has 0 heterocycles. The molecule has 0 spiro atoms. The lowest BCUT2D eigenvalue weighted by atomic mass is 9.74. The fourth-order valence-electron chi connectivity index (χ4n) is 3.48. The Kier molecular flexibility index (Phi) is 6.64. The fourth-order valence-corrected chi connectivity index (χ4v) is 3.48. The minimum atomic E-state index is -0.702. The van der Waals surface area contributed by atoms with Crippen molar-refractivity contribution in [3.05, 3.63) is 47.5 Å². The number of Topliss-reactive ketones (excluding diaryl/α,β-unsaturated/α-hetero) is 2. The summed E-state index contributed by atoms with van der Waals surface area (Å²) in [6.07, 6.45) is 0.306. The molecule has 130 valence electrons. The standard InChI is InChI=1S/C18H23NO3.C2H4/c1-10-6-11(2)16(12(3)7-10)17-14(20)8-13(9-15(17)21)18(22)19(4)5;1-2/h6-7,13,17H,8-9H2,1-5H3;1-2H2. The topological polar surface area (TPSA) is 54.5 Å². The summed E-state index contributed by atoms with van der Waals surface area (Å²) < 4.78 is 0. The van der Waals surface area contributed by atoms with Gasteiger partial charge in [0.25, 0.3) is 0 Å². The van der Waals surface area contributed by atoms with Crippen LogP contribution in [0.4, 0.5) is 0 Å². The van der Waals surface area contributed by atoms with Gasteiger partial charge >= 0.3 is 0 Å². The molecule has 24 heavy (non-hydrogen) atoms. The number of rotatable bonds is 2. The lowest BCUT2D eigenvalue weighted by Gasteiger charge is -2.29. The number of hydrogen-bond acceptors (Lipinski definition) is 3. The van der Waals surface area contributed by atoms with Crippen LogP contribution in [-0.4, -0.2) is 36.5 Å². The number of hydrogen-bond donors (Lipinski definition) is 0. The van der Waals surface area contributed by atoms with Crippen molar-refractivity contribution in [1.82, 2.24) is 4.90 Å². The molecule has 0 atom stereocenters. The summed E-state index contributed by atoms with van der Waals surface area (Å²) >= 11 is 0. The Morgan fingerprint density at radius 1 is 1.00 bits per heavy atom. The average molecular weight is 329 g/mol. The highest BCUT2D eigenvalue weighted by molar-refractivity contribution is 6.12. The van der Waals surface area contributed by atoms with Crippen molar-refractivity contribution in [2.75, 3.05) is 14.1 Å². The van der Waals surface area contributed by atoms with E-state index in [2.05, 4.69) is 13.2 Å². The number of benzene rings is 1. The van der Waals surface area contributed by atoms with Crippen LogP contribution < -0.4 is 0 Å². The van der Waals surface area contributed by atoms with Gasteiger partial charge in [-0.1, -0.05) is 17.7 Å². The largest absolute Gasteiger partial charge is 0.349 e. The highest BCUT2D eigenvalue weighted by Crippen LogP contribution is 2.35. The third-order valence-corrected chi connectivity index (χ3v) is 4.36. The van der Waals surface area contributed by atoms with E-state index in [1.807, 2.05) is 32.9 Å². The van der Waals surface area contributed by atoms with Gasteiger partial charge in [-0.3, -0.25) is 14.4 Å². The Hall–Kier alpha value is -2.23. The molecule has 0 bridgehead atoms. The summed E-state index contributed by atoms with van der Waals surface area (Å²) in [6, 6.07) is 4.00. The second-order valence-corrected chi connectivity index (χ2v) is 6.52. The Balaban J connectivity index is 0.00000139. The second-order valence-electron chi connectivity index (χ2n) is 6.52. The molecule has 0 N–H and O–H groups in total. The van der Waals surface area contributed by atoms with Crippen molar-refractivity contribution in [3.63, 3.8) is 0 Å². The van der Waals surface area contributed by atoms with Crippen LogP contribution in [0.25, 0.3) is 0 Å². The van der Waals surface area contributed by atoms with Crippen molar-refractivity contribution in [1.29, 1.82) is 0 Å². The summed E-state index contributed by atoms with van der Waals surface area (Å²) in [4.78, 5) is 38.6. The first-order valence-electron chi connectivity index (χ1n) is 8.06. The highest BCUT2D eigenvalue weighted by atomic mass is 16.2. The van der Waals surface area contributed by atoms with Crippen LogP contribution >= 0.6 is 0 Å². The molecule has 1 aromatic carbocycles. The van der Waals surface area contributed by atoms with E-state index < -0.39 is 11.8 Å². The number of amides is 1. The molecule has 0 aliphatic heterocycles. The quantitative estimate of drug-likeness (QED) is 0.619. The van der Waals surface area contributed by atoms with E-state index in [1.54, 1.807) is 14.1 Å². The fraction of sp³-hybridized carbons (Fsp3) is 0.450. The Morgan fingerprint density at radius 2 is 1.42 bits per heavy atom. The molecule has 4 heteroatoms. The molecule has 2 rings (SSSR count). The SMILES string of the molecule is C=C.Cc1cc(C)c(C2C(=O)CC(C(=O)N(C)C)CC2=O)c(C)c1. The van der Waals surface area contributed by atoms with E-state index in [0.29, 0.717) is 0 Å². The van der Waals surface area contributed by atoms with Crippen LogP contribution in [0.5, 0.6) is 0 Å². The lowest BCUT2D eigenvalue weighted by Crippen LogP contribution is -2.40. The van der Waals surface area contributed by atoms with Crippen molar-refractivity contribution in [2.24, 2.45) is 5.92 Å². The first kappa shape index (κ1) is 19.8. The maximum atomic E-state index is 12.5. The van der Waals surface area contributed by atoms with Crippen LogP contribution in [0.15, 0.2) is 25.3 Å². The predicted octanol–water partition coefficient (Wildman–Crippen LogP) is 3.13. The molecule has 1 aliphatic rings. The first-order chi connectivity index (χ1) is 11.2. The molecular weight excluding hydrogens is 302 g/mol. The maximum Gasteiger partial charge on any atom is 0.226 e. The van der Waals surface area contributed by atoms with Gasteiger partial charge < -0.3 is 4.90 Å². The van der Waals surface area contributed by atoms with E-state index >= 15 is 0 Å². The van der Waals surface area contributed by atoms with Crippen molar-refractivity contribution in [3.8, 4) is 0 Å². The van der Waals surface area contributed by atoms with E-state index in [4.69, 9.17) is 0 Å². The van der Waals surface area contributed by atoms with Gasteiger partial charge in [0.1, 0.15) is 17.5 Å². The number of ketones is 2. The maximum absolute atomic E-state index is 12.5. The zero-order chi connectivity index (χ0) is 18.6. The van der Waals surface area contributed by atoms with Gasteiger partial charge in [0, 0.05) is 26.9 Å². The van der Waals surface area contributed by atoms with E-state index in [1.165, 1.54) is 4.90 Å². The molecule has 0 saturated heterocycles. The summed E-state index contributed by atoms with van der Waals surface area (Å²) in [7, 11) is 3.30. The van der Waals surface area contributed by atoms with Gasteiger partial charge in [-0.05, 0) is 37.5 Å². The second kappa shape index (κ2) is 8.04. The summed E-state index contributed by atoms with van der Waals surface area (Å²) in [5.74, 6) is -1.61. The molecule has 1 saturated carbocycles. The highest BCUT2D eigenvalue weighted by Gasteiger charge is 2.40. The van der Waals surface area contributed by atoms with Gasteiger partial charge in [0.2, 0.25) is 5.91 Å². The molecule has 1 aliphatic carbocycles. The third-order valence-electron chi connectivity index (χ3n) is 4.36. The average Bonchev–Trinajstić information content (AvgIpc) is 2.49. The summed E-state index contributed by atoms with van der Waals surface area (Å²) in [6.45, 7) is 11.9. The third kappa shape index (κ3) is 3.99. The van der Waals surface area contributed by atoms with Gasteiger partial charge in [-0.25, -0.2) is 0 Å². The van der Waals surface area contributed by atoms with Gasteiger partial charge in [-0.2, -0.15) is 0 Å². The zero-order valence-electron chi connectivity index (χ0n) is 15.3. The minimum Gasteiger partial charge on any atom is -0.349 e. The van der Waals surface area contributed by atoms with Gasteiger partial charge in [0.15, 0.2) is 0 Å². The number of carbonyl (C=O) groups excluding carboxylic acids is 3. The first-order valence-corrected chi connectivity index (χ1v) is 8.06. The Bertz CT molecular complexity index is 620. The van der Waals surface area contributed by atoms with Crippen LogP contribution in [0.1, 0.15) is 41.0 Å². The zero-order valence-corrected chi connectivity index (χ0v) is 15.3. The molecule has 0 unspecified atom stereocenters. The molecule has 0 aromatic heterocycles. The van der Waals surface area contributed by atoms with Crippen molar-refractivity contribution in [2.45, 2.75) is 39.5 Å². The van der Waals surface area contributed by atoms with E-state index in [-0.39, 0.29) is 30.3 Å². The molecule has 1 fully saturated rings. The Morgan fingerprint density at radius 3 is 1.79 bits per heavy atom. The van der Waals surface area contributed by atoms with Gasteiger partial charge in [-0.15, -0.1) is 13.2 Å². The molecule has 4 nitrogen and oxygen atoms in total. The van der Waals surface area contributed by atoms with Crippen LogP contribution in [0.3, 0.4) is 0 Å². The van der Waals surface area contributed by atoms with E-state index in [0.717, 1.165) is 22.3 Å². The lowest BCUT2D eigenvalue weighted by molar-refractivity contribution is -0.143. The van der Waals surface area contributed by atoms with Crippen LogP contribution in [-0.2, 0) is 14.4 Å². The smallest absolute Gasteiger partial charge is 0.226 e. The number of aryl methyl sites for hydroxylation is 3. The summed E-state index contributed by atoms with van der Waals surface area (Å²) in [5, 5.41) is 0. The Labute approximate surface area is 144 Å². The van der Waals surface area contributed by atoms with Crippen molar-refractivity contribution < 1.29 is 14.4 Å².